The molecule has 10 amide bonds. The molecule has 52 heteroatoms. The molecule has 140 heavy (non-hydrogen) atoms. The number of guanidine groups is 1. The topological polar surface area (TPSA) is 720 Å². The van der Waals surface area contributed by atoms with E-state index in [-0.39, 0.29) is 168 Å². The molecule has 0 aliphatic carbocycles. The van der Waals surface area contributed by atoms with Crippen molar-refractivity contribution in [3.8, 4) is 23.0 Å². The number of carbonyl (C=O) groups is 14. The van der Waals surface area contributed by atoms with Gasteiger partial charge in [-0.25, -0.2) is 19.6 Å². The number of benzene rings is 3. The highest BCUT2D eigenvalue weighted by Gasteiger charge is 2.37. The highest BCUT2D eigenvalue weighted by Crippen LogP contribution is 2.38. The van der Waals surface area contributed by atoms with E-state index in [0.29, 0.717) is 97.3 Å². The minimum absolute atomic E-state index is 0.00451. The van der Waals surface area contributed by atoms with Gasteiger partial charge >= 0.3 is 30.0 Å². The first-order valence-electron chi connectivity index (χ1n) is 44.2. The van der Waals surface area contributed by atoms with E-state index >= 15 is 0 Å². The van der Waals surface area contributed by atoms with E-state index in [1.807, 2.05) is 6.92 Å². The number of nitrogens with zero attached hydrogens (tertiary/aromatic N) is 6. The molecule has 2 aliphatic rings. The lowest BCUT2D eigenvalue weighted by Gasteiger charge is -2.26. The number of aromatic amines is 1. The molecular weight excluding hydrogens is 1880 g/mol. The van der Waals surface area contributed by atoms with E-state index in [2.05, 4.69) is 102 Å². The molecule has 7 atom stereocenters. The number of aromatic nitrogens is 4. The van der Waals surface area contributed by atoms with Crippen LogP contribution in [0.2, 0.25) is 0 Å². The van der Waals surface area contributed by atoms with Crippen molar-refractivity contribution in [1.82, 2.24) is 72.7 Å². The minimum Gasteiger partial charge on any atom is -0.493 e. The second-order valence-corrected chi connectivity index (χ2v) is 33.9. The number of carbonyl (C=O) groups excluding carboxylic acids is 10. The lowest BCUT2D eigenvalue weighted by atomic mass is 10.1. The van der Waals surface area contributed by atoms with E-state index in [9.17, 15) is 92.3 Å². The molecule has 4 heterocycles. The Morgan fingerprint density at radius 3 is 1.89 bits per heavy atom. The van der Waals surface area contributed by atoms with Crippen molar-refractivity contribution in [2.45, 2.75) is 146 Å². The van der Waals surface area contributed by atoms with Crippen LogP contribution in [0.4, 0.5) is 27.8 Å². The summed E-state index contributed by atoms with van der Waals surface area (Å²) in [7, 11) is 7.20. The van der Waals surface area contributed by atoms with Crippen molar-refractivity contribution >= 4 is 157 Å². The van der Waals surface area contributed by atoms with Crippen LogP contribution in [0.25, 0.3) is 11.2 Å². The highest BCUT2D eigenvalue weighted by molar-refractivity contribution is 8.76. The van der Waals surface area contributed by atoms with E-state index in [1.165, 1.54) is 91.7 Å². The van der Waals surface area contributed by atoms with Crippen LogP contribution in [-0.4, -0.2) is 321 Å². The number of ether oxygens (including phenoxy) is 9. The maximum atomic E-state index is 14.3. The predicted octanol–water partition coefficient (Wildman–Crippen LogP) is 2.03. The zero-order valence-corrected chi connectivity index (χ0v) is 79.2. The van der Waals surface area contributed by atoms with Crippen molar-refractivity contribution in [2.75, 3.05) is 148 Å². The van der Waals surface area contributed by atoms with Crippen molar-refractivity contribution < 1.29 is 135 Å². The summed E-state index contributed by atoms with van der Waals surface area (Å²) in [6.07, 6.45) is 2.45. The van der Waals surface area contributed by atoms with Gasteiger partial charge in [-0.15, -0.1) is 0 Å². The number of oxime groups is 1. The van der Waals surface area contributed by atoms with Crippen LogP contribution in [0, 0.1) is 5.41 Å². The molecule has 0 bridgehead atoms. The first-order valence-corrected chi connectivity index (χ1v) is 46.7. The van der Waals surface area contributed by atoms with Crippen LogP contribution in [0.15, 0.2) is 94.0 Å². The molecule has 0 spiro atoms. The van der Waals surface area contributed by atoms with Gasteiger partial charge in [0.2, 0.25) is 41.4 Å². The molecule has 7 rings (SSSR count). The number of nitrogens with one attached hydrogen (secondary N) is 13. The van der Waals surface area contributed by atoms with Crippen molar-refractivity contribution in [3.63, 3.8) is 0 Å². The van der Waals surface area contributed by atoms with Gasteiger partial charge in [-0.1, -0.05) is 51.0 Å². The van der Waals surface area contributed by atoms with Crippen LogP contribution >= 0.6 is 21.6 Å². The second kappa shape index (κ2) is 60.3. The van der Waals surface area contributed by atoms with Gasteiger partial charge in [0.15, 0.2) is 40.1 Å². The smallest absolute Gasteiger partial charge is 0.411 e. The fourth-order valence-corrected chi connectivity index (χ4v) is 15.4. The summed E-state index contributed by atoms with van der Waals surface area (Å²) in [5.41, 5.74) is 13.8. The number of carboxylic acids is 4. The number of amides is 10. The lowest BCUT2D eigenvalue weighted by molar-refractivity contribution is -0.143. The standard InChI is InChI=1S/C88H119N21O29S2/c1-50-12-10-21-92-61-39-68(66(129-4)37-57(61)78(119)97-44-50)136-24-8-7-9-25-137-69-40-62(58(38-67(69)130-5)84(125)109-48-51(2)36-56(109)47-98-131-6)106-88(128)138-34-35-139-140-49-52(3)99-71(111)20-26-132-28-30-134-32-33-135-31-29-133-27-23-93-79(120)63(41-72(112)113)104-82(123)65(43-74(116)117)105-80(121)59(13-11-22-94-86(89)90)102-81(122)64(42-73(114)115)101-70(110)19-18-60(85(126)127)103-77(118)53-14-16-54(17-15-53)95-45-55-46-96-76-75(100-55)83(124)108-87(91)107-76/h14-17,21,37-40,46-47,52,56,59-60,63-65,95H,1-2,7-13,18-20,22-36,41-45,48-49H2,3-6H3,(H,93,120)(H,97,119)(H,99,111)(H,101,110)(H,102,122)(H,103,118)(H,104,123)(H,105,121)(H,106,128)(H,112,113)(H,114,115)(H,116,117)(H,126,127)(H4,89,90,94)(H3,91,96,107,108,124)/b92-21-,98-47+/t52-,56+,59+,60+,63+,64+,65+/m1/s1. The van der Waals surface area contributed by atoms with Crippen LogP contribution in [0.3, 0.4) is 0 Å². The molecule has 2 aromatic heterocycles. The fourth-order valence-electron chi connectivity index (χ4n) is 13.3. The number of nitrogens with two attached hydrogens (primary N) is 2. The molecule has 762 valence electrons. The third-order valence-electron chi connectivity index (χ3n) is 20.2. The third-order valence-corrected chi connectivity index (χ3v) is 22.8. The third kappa shape index (κ3) is 40.3. The molecule has 5 aromatic rings. The number of nitrogen functional groups attached to an aromatic ring is 1. The van der Waals surface area contributed by atoms with Crippen LogP contribution in [0.5, 0.6) is 23.0 Å². The number of hydrogen-bond acceptors (Lipinski definition) is 35. The number of unbranched alkanes of at least 4 members (excludes halogenated alkanes) is 2. The number of rotatable bonds is 63. The molecule has 50 nitrogen and oxygen atoms in total. The lowest BCUT2D eigenvalue weighted by Crippen LogP contribution is -2.59. The number of methoxy groups -OCH3 is 2. The molecule has 0 unspecified atom stereocenters. The van der Waals surface area contributed by atoms with Crippen LogP contribution < -0.4 is 94.5 Å². The molecule has 21 N–H and O–H groups in total. The number of likely N-dealkylation sites (tertiary alicyclic amines) is 1. The molecule has 1 saturated heterocycles. The van der Waals surface area contributed by atoms with Crippen molar-refractivity contribution in [3.05, 3.63) is 112 Å². The molecule has 0 saturated carbocycles. The van der Waals surface area contributed by atoms with Gasteiger partial charge in [-0.3, -0.25) is 83.0 Å². The SMILES string of the molecule is C=C1CC/C=N\c2cc(OCCCCCOc3cc(NC(=O)OCCSSC[C@@H](C)NC(=O)CCOCCOCCOCCOCCNC(=O)[C@H](CC(=O)O)NC(=O)[C@H](CC(=O)O)NC(=O)[C@H](CCCNC(=N)N)NC(=O)[C@H](CC(=O)O)NC(=O)CC[C@H](NC(=O)c4ccc(NCc5cnc6nc(N)[nH]c(=O)c6n5)cc4)C(=O)O)c(C(=O)N4CC(=C)C[C@H]4/C=N/OC)cc3OC)c(OC)cc2C(=O)NC1. The Morgan fingerprint density at radius 2 is 1.26 bits per heavy atom. The van der Waals surface area contributed by atoms with Gasteiger partial charge in [0.05, 0.1) is 153 Å². The van der Waals surface area contributed by atoms with Gasteiger partial charge in [0.25, 0.3) is 23.3 Å². The van der Waals surface area contributed by atoms with Crippen LogP contribution in [0.1, 0.15) is 134 Å². The fraction of sp³-hybridized carbons (Fsp3) is 0.489. The summed E-state index contributed by atoms with van der Waals surface area (Å²) in [6.45, 7) is 11.6. The average molecular weight is 2000 g/mol. The Kier molecular flexibility index (Phi) is 48.4. The summed E-state index contributed by atoms with van der Waals surface area (Å²) in [5, 5.41) is 78.0. The van der Waals surface area contributed by atoms with E-state index in [0.717, 1.165) is 11.1 Å². The molecule has 1 fully saturated rings. The molecule has 3 aromatic carbocycles. The Balaban J connectivity index is 0.752. The first kappa shape index (κ1) is 112. The van der Waals surface area contributed by atoms with Crippen molar-refractivity contribution in [1.29, 1.82) is 5.41 Å². The van der Waals surface area contributed by atoms with Gasteiger partial charge in [-0.05, 0) is 101 Å². The van der Waals surface area contributed by atoms with Crippen LogP contribution in [-0.2, 0) is 83.0 Å². The Labute approximate surface area is 810 Å². The molecular formula is C88H119N21O29S2. The Morgan fingerprint density at radius 1 is 0.650 bits per heavy atom. The zero-order valence-electron chi connectivity index (χ0n) is 77.6. The summed E-state index contributed by atoms with van der Waals surface area (Å²) in [5.74, 6) is -12.9. The van der Waals surface area contributed by atoms with Gasteiger partial charge < -0.3 is 137 Å². The average Bonchev–Trinajstić information content (AvgIpc) is 1.64. The largest absolute Gasteiger partial charge is 0.493 e. The Bertz CT molecular complexity index is 5270. The molecule has 0 radical (unpaired) electrons. The predicted molar refractivity (Wildman–Crippen MR) is 510 cm³/mol. The number of hydrogen-bond donors (Lipinski definition) is 19. The monoisotopic (exact) mass is 2000 g/mol. The quantitative estimate of drug-likeness (QED) is 0.00661. The maximum Gasteiger partial charge on any atom is 0.411 e. The maximum absolute atomic E-state index is 14.3. The number of fused-ring (bicyclic) bond motifs is 2. The number of carboxylic acid groups (broad SMARTS) is 4. The van der Waals surface area contributed by atoms with E-state index < -0.39 is 158 Å². The number of aliphatic imine (C=N–C) groups is 1. The normalized spacial score (nSPS) is 14.4. The minimum atomic E-state index is -2.07. The first-order chi connectivity index (χ1) is 67.1. The van der Waals surface area contributed by atoms with E-state index in [1.54, 1.807) is 23.2 Å². The summed E-state index contributed by atoms with van der Waals surface area (Å²) in [4.78, 5) is 221. The van der Waals surface area contributed by atoms with Gasteiger partial charge in [0.1, 0.15) is 43.9 Å². The highest BCUT2D eigenvalue weighted by atomic mass is 33.1. The van der Waals surface area contributed by atoms with E-state index in [4.69, 9.17) is 64.3 Å². The summed E-state index contributed by atoms with van der Waals surface area (Å²) in [6, 6.07) is 1.87. The number of aliphatic carboxylic acids is 4. The summed E-state index contributed by atoms with van der Waals surface area (Å²) >= 11 is 0. The number of anilines is 3. The van der Waals surface area contributed by atoms with Gasteiger partial charge in [-0.2, -0.15) is 4.98 Å². The van der Waals surface area contributed by atoms with Gasteiger partial charge in [0, 0.05) is 86.2 Å². The number of H-pyrrole nitrogens is 1. The Hall–Kier alpha value is -14.5. The van der Waals surface area contributed by atoms with Crippen molar-refractivity contribution in [2.24, 2.45) is 15.9 Å². The second-order valence-electron chi connectivity index (χ2n) is 31.2. The summed E-state index contributed by atoms with van der Waals surface area (Å²) < 4.78 is 51.2. The molecule has 2 aliphatic heterocycles. The zero-order chi connectivity index (χ0) is 102.